The van der Waals surface area contributed by atoms with Crippen molar-refractivity contribution in [1.82, 2.24) is 15.5 Å². The Morgan fingerprint density at radius 1 is 1.00 bits per heavy atom. The molecule has 29 heavy (non-hydrogen) atoms. The Hall–Kier alpha value is -2.67. The van der Waals surface area contributed by atoms with Gasteiger partial charge in [0.05, 0.1) is 0 Å². The lowest BCUT2D eigenvalue weighted by molar-refractivity contribution is 0.0818. The minimum atomic E-state index is -2.52. The first-order valence-electron chi connectivity index (χ1n) is 9.91. The molecule has 0 aliphatic carbocycles. The Kier molecular flexibility index (Phi) is 7.81. The minimum absolute atomic E-state index is 0.278. The predicted octanol–water partition coefficient (Wildman–Crippen LogP) is 3.93. The van der Waals surface area contributed by atoms with E-state index in [-0.39, 0.29) is 12.6 Å². The van der Waals surface area contributed by atoms with Crippen molar-refractivity contribution in [1.29, 1.82) is 0 Å². The van der Waals surface area contributed by atoms with E-state index in [1.165, 1.54) is 18.4 Å². The second kappa shape index (κ2) is 10.8. The van der Waals surface area contributed by atoms with E-state index < -0.39 is 13.0 Å². The molecule has 1 fully saturated rings. The predicted molar refractivity (Wildman–Crippen MR) is 108 cm³/mol. The number of rotatable bonds is 9. The van der Waals surface area contributed by atoms with Crippen LogP contribution in [0.2, 0.25) is 0 Å². The van der Waals surface area contributed by atoms with Crippen molar-refractivity contribution >= 4 is 6.03 Å². The van der Waals surface area contributed by atoms with E-state index in [2.05, 4.69) is 21.6 Å². The number of halogens is 2. The standard InChI is InChI=1S/C22H27F2N3O2/c23-21(24)16-29-20-9-5-6-17(12-20)13-25-22(28)26-14-18-7-1-2-8-19(18)15-27-10-3-4-11-27/h1-2,5-9,12,21H,3-4,10-11,13-16H2,(H2,25,26,28). The molecule has 0 radical (unpaired) electrons. The first kappa shape index (κ1) is 21.0. The number of nitrogens with zero attached hydrogens (tertiary/aromatic N) is 1. The van der Waals surface area contributed by atoms with Crippen LogP contribution in [0.4, 0.5) is 13.6 Å². The zero-order valence-electron chi connectivity index (χ0n) is 16.4. The van der Waals surface area contributed by atoms with Gasteiger partial charge in [0.15, 0.2) is 0 Å². The van der Waals surface area contributed by atoms with E-state index in [0.717, 1.165) is 30.8 Å². The van der Waals surface area contributed by atoms with Crippen LogP contribution in [0.15, 0.2) is 48.5 Å². The van der Waals surface area contributed by atoms with Crippen molar-refractivity contribution in [3.05, 3.63) is 65.2 Å². The van der Waals surface area contributed by atoms with Gasteiger partial charge in [-0.05, 0) is 54.8 Å². The van der Waals surface area contributed by atoms with E-state index in [1.807, 2.05) is 18.2 Å². The van der Waals surface area contributed by atoms with Crippen molar-refractivity contribution in [3.8, 4) is 5.75 Å². The maximum Gasteiger partial charge on any atom is 0.315 e. The third-order valence-corrected chi connectivity index (χ3v) is 4.88. The monoisotopic (exact) mass is 403 g/mol. The summed E-state index contributed by atoms with van der Waals surface area (Å²) in [7, 11) is 0. The molecule has 2 aromatic rings. The van der Waals surface area contributed by atoms with Crippen LogP contribution in [-0.2, 0) is 19.6 Å². The molecule has 2 aromatic carbocycles. The molecule has 3 rings (SSSR count). The topological polar surface area (TPSA) is 53.6 Å². The van der Waals surface area contributed by atoms with Crippen LogP contribution in [0.3, 0.4) is 0 Å². The summed E-state index contributed by atoms with van der Waals surface area (Å²) in [4.78, 5) is 14.6. The van der Waals surface area contributed by atoms with Gasteiger partial charge in [-0.25, -0.2) is 13.6 Å². The van der Waals surface area contributed by atoms with Crippen LogP contribution in [-0.4, -0.2) is 37.1 Å². The quantitative estimate of drug-likeness (QED) is 0.667. The van der Waals surface area contributed by atoms with Crippen molar-refractivity contribution in [2.45, 2.75) is 38.9 Å². The molecule has 5 nitrogen and oxygen atoms in total. The largest absolute Gasteiger partial charge is 0.488 e. The van der Waals surface area contributed by atoms with Gasteiger partial charge in [0.2, 0.25) is 0 Å². The van der Waals surface area contributed by atoms with Crippen LogP contribution in [0.25, 0.3) is 0 Å². The number of alkyl halides is 2. The first-order chi connectivity index (χ1) is 14.1. The molecule has 0 unspecified atom stereocenters. The number of hydrogen-bond donors (Lipinski definition) is 2. The van der Waals surface area contributed by atoms with Crippen molar-refractivity contribution in [2.24, 2.45) is 0 Å². The summed E-state index contributed by atoms with van der Waals surface area (Å²) in [6.45, 7) is 3.25. The Morgan fingerprint density at radius 3 is 2.48 bits per heavy atom. The molecule has 0 bridgehead atoms. The highest BCUT2D eigenvalue weighted by Gasteiger charge is 2.13. The molecule has 2 amide bonds. The highest BCUT2D eigenvalue weighted by molar-refractivity contribution is 5.73. The number of urea groups is 1. The molecule has 1 heterocycles. The second-order valence-electron chi connectivity index (χ2n) is 7.14. The van der Waals surface area contributed by atoms with Crippen LogP contribution in [0, 0.1) is 0 Å². The lowest BCUT2D eigenvalue weighted by Gasteiger charge is -2.18. The fraction of sp³-hybridized carbons (Fsp3) is 0.409. The van der Waals surface area contributed by atoms with E-state index in [9.17, 15) is 13.6 Å². The van der Waals surface area contributed by atoms with Gasteiger partial charge in [-0.2, -0.15) is 0 Å². The number of amides is 2. The third kappa shape index (κ3) is 7.02. The number of benzene rings is 2. The van der Waals surface area contributed by atoms with Crippen LogP contribution in [0.5, 0.6) is 5.75 Å². The summed E-state index contributed by atoms with van der Waals surface area (Å²) in [6.07, 6.45) is -0.0232. The number of carbonyl (C=O) groups excluding carboxylic acids is 1. The Labute approximate surface area is 170 Å². The number of carbonyl (C=O) groups is 1. The lowest BCUT2D eigenvalue weighted by Crippen LogP contribution is -2.35. The summed E-state index contributed by atoms with van der Waals surface area (Å²) >= 11 is 0. The van der Waals surface area contributed by atoms with Crippen molar-refractivity contribution in [2.75, 3.05) is 19.7 Å². The van der Waals surface area contributed by atoms with Crippen molar-refractivity contribution < 1.29 is 18.3 Å². The zero-order valence-corrected chi connectivity index (χ0v) is 16.4. The van der Waals surface area contributed by atoms with Gasteiger partial charge >= 0.3 is 6.03 Å². The Bertz CT molecular complexity index is 795. The molecular formula is C22H27F2N3O2. The Balaban J connectivity index is 1.46. The number of hydrogen-bond acceptors (Lipinski definition) is 3. The molecule has 0 spiro atoms. The maximum atomic E-state index is 12.2. The van der Waals surface area contributed by atoms with E-state index >= 15 is 0 Å². The lowest BCUT2D eigenvalue weighted by atomic mass is 10.1. The Morgan fingerprint density at radius 2 is 1.72 bits per heavy atom. The zero-order chi connectivity index (χ0) is 20.5. The first-order valence-corrected chi connectivity index (χ1v) is 9.91. The fourth-order valence-electron chi connectivity index (χ4n) is 3.39. The number of nitrogens with one attached hydrogen (secondary N) is 2. The molecule has 1 saturated heterocycles. The van der Waals surface area contributed by atoms with Gasteiger partial charge in [-0.15, -0.1) is 0 Å². The maximum absolute atomic E-state index is 12.2. The number of ether oxygens (including phenoxy) is 1. The molecule has 1 aliphatic heterocycles. The van der Waals surface area contributed by atoms with Gasteiger partial charge in [-0.1, -0.05) is 36.4 Å². The van der Waals surface area contributed by atoms with Crippen LogP contribution < -0.4 is 15.4 Å². The van der Waals surface area contributed by atoms with Gasteiger partial charge in [0.1, 0.15) is 12.4 Å². The van der Waals surface area contributed by atoms with E-state index in [0.29, 0.717) is 12.3 Å². The minimum Gasteiger partial charge on any atom is -0.488 e. The second-order valence-corrected chi connectivity index (χ2v) is 7.14. The normalized spacial score (nSPS) is 14.2. The summed E-state index contributed by atoms with van der Waals surface area (Å²) in [5, 5.41) is 5.68. The molecule has 0 atom stereocenters. The highest BCUT2D eigenvalue weighted by Crippen LogP contribution is 2.16. The average Bonchev–Trinajstić information content (AvgIpc) is 3.23. The van der Waals surface area contributed by atoms with E-state index in [1.54, 1.807) is 24.3 Å². The third-order valence-electron chi connectivity index (χ3n) is 4.88. The van der Waals surface area contributed by atoms with E-state index in [4.69, 9.17) is 4.74 Å². The fourth-order valence-corrected chi connectivity index (χ4v) is 3.39. The average molecular weight is 403 g/mol. The summed E-state index contributed by atoms with van der Waals surface area (Å²) < 4.78 is 29.5. The molecule has 7 heteroatoms. The van der Waals surface area contributed by atoms with Gasteiger partial charge in [0, 0.05) is 19.6 Å². The van der Waals surface area contributed by atoms with Gasteiger partial charge < -0.3 is 15.4 Å². The van der Waals surface area contributed by atoms with Gasteiger partial charge in [0.25, 0.3) is 6.43 Å². The summed E-state index contributed by atoms with van der Waals surface area (Å²) in [5.74, 6) is 0.362. The highest BCUT2D eigenvalue weighted by atomic mass is 19.3. The molecule has 2 N–H and O–H groups in total. The van der Waals surface area contributed by atoms with Crippen LogP contribution in [0.1, 0.15) is 29.5 Å². The van der Waals surface area contributed by atoms with Crippen LogP contribution >= 0.6 is 0 Å². The molecule has 0 aromatic heterocycles. The molecule has 156 valence electrons. The van der Waals surface area contributed by atoms with Crippen molar-refractivity contribution in [3.63, 3.8) is 0 Å². The molecular weight excluding hydrogens is 376 g/mol. The smallest absolute Gasteiger partial charge is 0.315 e. The summed E-state index contributed by atoms with van der Waals surface area (Å²) in [6, 6.07) is 14.7. The van der Waals surface area contributed by atoms with Gasteiger partial charge in [-0.3, -0.25) is 4.90 Å². The number of likely N-dealkylation sites (tertiary alicyclic amines) is 1. The molecule has 1 aliphatic rings. The summed E-state index contributed by atoms with van der Waals surface area (Å²) in [5.41, 5.74) is 3.12. The SMILES string of the molecule is O=C(NCc1cccc(OCC(F)F)c1)NCc1ccccc1CN1CCCC1. The molecule has 0 saturated carbocycles.